The maximum atomic E-state index is 13.1. The standard InChI is InChI=1S/C26H34N8O4/c1-5-16(2)11-20(25(36)28-15-18-7-6-8-19(12-18)24-31-33-34-32-24)29-26(27)30-23(35)14-17-9-10-21(37-3)22(13-17)38-4/h6-10,12-13,16,20H,5,11,14-15H2,1-4H3,(H,28,36)(H3,27,29,30,35)(H,31,32,33,34)/t16?,20-/m1/s1. The van der Waals surface area contributed by atoms with Gasteiger partial charge in [-0.1, -0.05) is 44.5 Å². The molecule has 3 aromatic rings. The number of hydrogen-bond donors (Lipinski definition) is 4. The molecule has 12 nitrogen and oxygen atoms in total. The topological polar surface area (TPSA) is 170 Å². The minimum absolute atomic E-state index is 0.0511. The summed E-state index contributed by atoms with van der Waals surface area (Å²) in [4.78, 5) is 30.0. The van der Waals surface area contributed by atoms with Crippen molar-refractivity contribution in [3.63, 3.8) is 0 Å². The number of aliphatic imine (C=N–C) groups is 1. The van der Waals surface area contributed by atoms with Gasteiger partial charge < -0.3 is 20.5 Å². The normalized spacial score (nSPS) is 12.9. The van der Waals surface area contributed by atoms with Crippen LogP contribution < -0.4 is 25.8 Å². The number of carbonyl (C=O) groups excluding carboxylic acids is 2. The number of hydrogen-bond acceptors (Lipinski definition) is 8. The molecule has 0 aliphatic rings. The fraction of sp³-hybridized carbons (Fsp3) is 0.385. The SMILES string of the molecule is CCC(C)C[C@@H](N=C(N)NC(=O)Cc1ccc(OC)c(OC)c1)C(=O)NCc1cccc(-c2nn[nH]n2)c1. The van der Waals surface area contributed by atoms with Crippen molar-refractivity contribution in [1.82, 2.24) is 31.3 Å². The third-order valence-electron chi connectivity index (χ3n) is 6.00. The molecule has 1 aromatic heterocycles. The van der Waals surface area contributed by atoms with Crippen LogP contribution >= 0.6 is 0 Å². The minimum atomic E-state index is -0.758. The molecule has 0 fully saturated rings. The molecule has 2 amide bonds. The summed E-state index contributed by atoms with van der Waals surface area (Å²) in [7, 11) is 3.07. The molecule has 2 atom stereocenters. The van der Waals surface area contributed by atoms with E-state index in [-0.39, 0.29) is 36.7 Å². The maximum absolute atomic E-state index is 13.1. The highest BCUT2D eigenvalue weighted by molar-refractivity contribution is 5.98. The number of nitrogens with one attached hydrogen (secondary N) is 3. The van der Waals surface area contributed by atoms with Crippen molar-refractivity contribution in [2.24, 2.45) is 16.6 Å². The Morgan fingerprint density at radius 3 is 2.58 bits per heavy atom. The number of benzene rings is 2. The van der Waals surface area contributed by atoms with Crippen molar-refractivity contribution >= 4 is 17.8 Å². The van der Waals surface area contributed by atoms with Crippen molar-refractivity contribution in [2.45, 2.75) is 45.7 Å². The van der Waals surface area contributed by atoms with E-state index in [0.29, 0.717) is 29.3 Å². The summed E-state index contributed by atoms with van der Waals surface area (Å²) in [6.07, 6.45) is 1.41. The number of H-pyrrole nitrogens is 1. The van der Waals surface area contributed by atoms with Gasteiger partial charge in [0.25, 0.3) is 0 Å². The zero-order chi connectivity index (χ0) is 27.5. The maximum Gasteiger partial charge on any atom is 0.245 e. The van der Waals surface area contributed by atoms with Gasteiger partial charge in [-0.15, -0.1) is 10.2 Å². The van der Waals surface area contributed by atoms with Crippen molar-refractivity contribution in [2.75, 3.05) is 14.2 Å². The van der Waals surface area contributed by atoms with Gasteiger partial charge in [0.15, 0.2) is 17.5 Å². The Bertz CT molecular complexity index is 1250. The number of rotatable bonds is 12. The van der Waals surface area contributed by atoms with Crippen molar-refractivity contribution < 1.29 is 19.1 Å². The van der Waals surface area contributed by atoms with Gasteiger partial charge in [0.2, 0.25) is 17.6 Å². The van der Waals surface area contributed by atoms with Gasteiger partial charge in [-0.2, -0.15) is 5.21 Å². The molecule has 0 saturated carbocycles. The number of aromatic amines is 1. The lowest BCUT2D eigenvalue weighted by atomic mass is 9.99. The van der Waals surface area contributed by atoms with Crippen LogP contribution in [0.1, 0.15) is 37.8 Å². The molecular weight excluding hydrogens is 488 g/mol. The Morgan fingerprint density at radius 1 is 1.11 bits per heavy atom. The lowest BCUT2D eigenvalue weighted by Crippen LogP contribution is -2.41. The van der Waals surface area contributed by atoms with E-state index in [9.17, 15) is 9.59 Å². The highest BCUT2D eigenvalue weighted by Crippen LogP contribution is 2.27. The van der Waals surface area contributed by atoms with Gasteiger partial charge in [0, 0.05) is 12.1 Å². The van der Waals surface area contributed by atoms with Crippen LogP contribution in [0.25, 0.3) is 11.4 Å². The summed E-state index contributed by atoms with van der Waals surface area (Å²) >= 11 is 0. The van der Waals surface area contributed by atoms with Gasteiger partial charge in [-0.05, 0) is 46.9 Å². The summed E-state index contributed by atoms with van der Waals surface area (Å²) in [6.45, 7) is 4.36. The number of methoxy groups -OCH3 is 2. The molecule has 3 rings (SSSR count). The lowest BCUT2D eigenvalue weighted by molar-refractivity contribution is -0.123. The molecule has 38 heavy (non-hydrogen) atoms. The minimum Gasteiger partial charge on any atom is -0.493 e. The highest BCUT2D eigenvalue weighted by atomic mass is 16.5. The van der Waals surface area contributed by atoms with Crippen LogP contribution in [-0.2, 0) is 22.6 Å². The van der Waals surface area contributed by atoms with Crippen LogP contribution in [0.15, 0.2) is 47.5 Å². The molecule has 12 heteroatoms. The molecule has 202 valence electrons. The molecule has 0 spiro atoms. The predicted octanol–water partition coefficient (Wildman–Crippen LogP) is 1.98. The monoisotopic (exact) mass is 522 g/mol. The second kappa shape index (κ2) is 13.7. The van der Waals surface area contributed by atoms with Crippen molar-refractivity contribution in [3.05, 3.63) is 53.6 Å². The van der Waals surface area contributed by atoms with Crippen LogP contribution in [-0.4, -0.2) is 58.7 Å². The van der Waals surface area contributed by atoms with Crippen LogP contribution in [0.2, 0.25) is 0 Å². The summed E-state index contributed by atoms with van der Waals surface area (Å²) in [5.41, 5.74) is 8.39. The predicted molar refractivity (Wildman–Crippen MR) is 142 cm³/mol. The number of amides is 2. The summed E-state index contributed by atoms with van der Waals surface area (Å²) in [5, 5.41) is 19.5. The number of nitrogens with zero attached hydrogens (tertiary/aromatic N) is 4. The van der Waals surface area contributed by atoms with E-state index in [1.54, 1.807) is 25.3 Å². The Morgan fingerprint density at radius 2 is 1.89 bits per heavy atom. The molecule has 1 heterocycles. The number of ether oxygens (including phenoxy) is 2. The first-order chi connectivity index (χ1) is 18.3. The fourth-order valence-corrected chi connectivity index (χ4v) is 3.74. The Hall–Kier alpha value is -4.48. The largest absolute Gasteiger partial charge is 0.493 e. The number of aromatic nitrogens is 4. The number of carbonyl (C=O) groups is 2. The second-order valence-electron chi connectivity index (χ2n) is 8.85. The number of guanidine groups is 1. The number of tetrazole rings is 1. The average Bonchev–Trinajstić information content (AvgIpc) is 3.46. The third-order valence-corrected chi connectivity index (χ3v) is 6.00. The number of nitrogens with two attached hydrogens (primary N) is 1. The molecule has 2 aromatic carbocycles. The molecule has 5 N–H and O–H groups in total. The molecule has 0 saturated heterocycles. The molecule has 0 radical (unpaired) electrons. The highest BCUT2D eigenvalue weighted by Gasteiger charge is 2.21. The van der Waals surface area contributed by atoms with E-state index in [0.717, 1.165) is 17.5 Å². The van der Waals surface area contributed by atoms with Crippen LogP contribution in [0.4, 0.5) is 0 Å². The fourth-order valence-electron chi connectivity index (χ4n) is 3.74. The lowest BCUT2D eigenvalue weighted by Gasteiger charge is -2.18. The van der Waals surface area contributed by atoms with Crippen molar-refractivity contribution in [1.29, 1.82) is 0 Å². The Labute approximate surface area is 221 Å². The van der Waals surface area contributed by atoms with Crippen LogP contribution in [0.3, 0.4) is 0 Å². The Kier molecular flexibility index (Phi) is 10.1. The van der Waals surface area contributed by atoms with E-state index >= 15 is 0 Å². The molecule has 1 unspecified atom stereocenters. The molecule has 0 aliphatic heterocycles. The van der Waals surface area contributed by atoms with Crippen molar-refractivity contribution in [3.8, 4) is 22.9 Å². The van der Waals surface area contributed by atoms with Gasteiger partial charge >= 0.3 is 0 Å². The van der Waals surface area contributed by atoms with Crippen LogP contribution in [0.5, 0.6) is 11.5 Å². The van der Waals surface area contributed by atoms with E-state index < -0.39 is 6.04 Å². The Balaban J connectivity index is 1.64. The average molecular weight is 523 g/mol. The zero-order valence-corrected chi connectivity index (χ0v) is 22.0. The third kappa shape index (κ3) is 8.02. The molecule has 0 aliphatic carbocycles. The van der Waals surface area contributed by atoms with Gasteiger partial charge in [0.05, 0.1) is 20.6 Å². The quantitative estimate of drug-likeness (QED) is 0.207. The van der Waals surface area contributed by atoms with Gasteiger partial charge in [-0.25, -0.2) is 4.99 Å². The van der Waals surface area contributed by atoms with Gasteiger partial charge in [-0.3, -0.25) is 14.9 Å². The first-order valence-electron chi connectivity index (χ1n) is 12.3. The summed E-state index contributed by atoms with van der Waals surface area (Å²) < 4.78 is 10.5. The first kappa shape index (κ1) is 28.1. The summed E-state index contributed by atoms with van der Waals surface area (Å²) in [5.74, 6) is 1.02. The first-order valence-corrected chi connectivity index (χ1v) is 12.3. The second-order valence-corrected chi connectivity index (χ2v) is 8.85. The smallest absolute Gasteiger partial charge is 0.245 e. The van der Waals surface area contributed by atoms with Gasteiger partial charge in [0.1, 0.15) is 6.04 Å². The molecular formula is C26H34N8O4. The zero-order valence-electron chi connectivity index (χ0n) is 22.0. The molecule has 0 bridgehead atoms. The van der Waals surface area contributed by atoms with E-state index in [2.05, 4.69) is 36.3 Å². The summed E-state index contributed by atoms with van der Waals surface area (Å²) in [6, 6.07) is 11.9. The van der Waals surface area contributed by atoms with E-state index in [4.69, 9.17) is 15.2 Å². The van der Waals surface area contributed by atoms with Crippen LogP contribution in [0, 0.1) is 5.92 Å². The van der Waals surface area contributed by atoms with E-state index in [1.165, 1.54) is 7.11 Å². The van der Waals surface area contributed by atoms with E-state index in [1.807, 2.05) is 38.1 Å².